The maximum absolute atomic E-state index is 12.9. The average molecular weight is 850 g/mol. The normalized spacial score (nSPS) is 14.4. The van der Waals surface area contributed by atoms with Crippen LogP contribution in [0.2, 0.25) is 0 Å². The number of imide groups is 1. The lowest BCUT2D eigenvalue weighted by Gasteiger charge is -2.13. The molecule has 0 aromatic heterocycles. The van der Waals surface area contributed by atoms with E-state index < -0.39 is 17.1 Å². The van der Waals surface area contributed by atoms with Crippen LogP contribution in [0.15, 0.2) is 59.5 Å². The van der Waals surface area contributed by atoms with E-state index in [0.29, 0.717) is 12.3 Å². The largest absolute Gasteiger partial charge is 0.487 e. The predicted octanol–water partition coefficient (Wildman–Crippen LogP) is 7.37. The number of carbonyl (C=O) groups is 3. The zero-order valence-corrected chi connectivity index (χ0v) is 27.1. The molecule has 3 aromatic carbocycles. The Balaban J connectivity index is 1.43. The van der Waals surface area contributed by atoms with Gasteiger partial charge in [0.25, 0.3) is 11.1 Å². The number of amides is 3. The number of carbonyl (C=O) groups excluding carboxylic acids is 3. The summed E-state index contributed by atoms with van der Waals surface area (Å²) in [6.45, 7) is 4.05. The molecule has 3 amide bonds. The maximum Gasteiger partial charge on any atom is 0.294 e. The zero-order chi connectivity index (χ0) is 26.7. The van der Waals surface area contributed by atoms with Crippen molar-refractivity contribution in [1.82, 2.24) is 4.90 Å². The molecule has 0 atom stereocenters. The molecule has 0 aliphatic carbocycles. The highest BCUT2D eigenvalue weighted by atomic mass is 127. The summed E-state index contributed by atoms with van der Waals surface area (Å²) >= 11 is 7.52. The summed E-state index contributed by atoms with van der Waals surface area (Å²) in [6.07, 6.45) is 1.68. The van der Waals surface area contributed by atoms with E-state index in [1.165, 1.54) is 3.57 Å². The molecule has 0 bridgehead atoms. The number of thioether (sulfide) groups is 1. The molecular weight excluding hydrogens is 829 g/mol. The fourth-order valence-corrected chi connectivity index (χ4v) is 6.81. The molecule has 190 valence electrons. The molecule has 37 heavy (non-hydrogen) atoms. The first kappa shape index (κ1) is 28.4. The molecule has 4 rings (SSSR count). The highest BCUT2D eigenvalue weighted by Gasteiger charge is 2.36. The van der Waals surface area contributed by atoms with Gasteiger partial charge in [-0.25, -0.2) is 0 Å². The Labute approximate surface area is 260 Å². The lowest BCUT2D eigenvalue weighted by atomic mass is 10.1. The molecule has 1 fully saturated rings. The molecule has 1 saturated heterocycles. The van der Waals surface area contributed by atoms with Crippen molar-refractivity contribution in [3.63, 3.8) is 0 Å². The number of hydrogen-bond donors (Lipinski definition) is 1. The fourth-order valence-electron chi connectivity index (χ4n) is 3.49. The molecule has 1 aliphatic rings. The third-order valence-electron chi connectivity index (χ3n) is 5.58. The van der Waals surface area contributed by atoms with Crippen LogP contribution in [0.5, 0.6) is 5.75 Å². The molecule has 6 nitrogen and oxygen atoms in total. The van der Waals surface area contributed by atoms with Crippen molar-refractivity contribution in [2.45, 2.75) is 20.5 Å². The number of anilines is 1. The van der Waals surface area contributed by atoms with Crippen molar-refractivity contribution in [2.24, 2.45) is 0 Å². The van der Waals surface area contributed by atoms with Crippen LogP contribution in [0, 0.1) is 24.6 Å². The monoisotopic (exact) mass is 850 g/mol. The minimum atomic E-state index is -0.478. The van der Waals surface area contributed by atoms with Crippen molar-refractivity contribution in [1.29, 1.82) is 0 Å². The van der Waals surface area contributed by atoms with Gasteiger partial charge < -0.3 is 10.1 Å². The number of nitrogens with one attached hydrogen (secondary N) is 1. The summed E-state index contributed by atoms with van der Waals surface area (Å²) in [5.41, 5.74) is 4.64. The number of halogens is 3. The Kier molecular flexibility index (Phi) is 9.56. The second-order valence-corrected chi connectivity index (χ2v) is 12.9. The topological polar surface area (TPSA) is 75.7 Å². The van der Waals surface area contributed by atoms with Crippen LogP contribution < -0.4 is 10.1 Å². The van der Waals surface area contributed by atoms with E-state index in [1.54, 1.807) is 12.1 Å². The minimum absolute atomic E-state index is 0.281. The molecular formula is C27H21I3N2O4S. The Morgan fingerprint density at radius 1 is 0.973 bits per heavy atom. The van der Waals surface area contributed by atoms with Crippen LogP contribution in [0.25, 0.3) is 6.08 Å². The van der Waals surface area contributed by atoms with Crippen molar-refractivity contribution >= 4 is 108 Å². The van der Waals surface area contributed by atoms with Gasteiger partial charge in [-0.15, -0.1) is 0 Å². The van der Waals surface area contributed by atoms with Crippen molar-refractivity contribution < 1.29 is 19.1 Å². The van der Waals surface area contributed by atoms with Crippen molar-refractivity contribution in [3.8, 4) is 5.75 Å². The summed E-state index contributed by atoms with van der Waals surface area (Å²) in [7, 11) is 0. The van der Waals surface area contributed by atoms with Gasteiger partial charge in [-0.3, -0.25) is 19.3 Å². The number of aryl methyl sites for hydroxylation is 2. The van der Waals surface area contributed by atoms with E-state index in [0.717, 1.165) is 51.8 Å². The van der Waals surface area contributed by atoms with E-state index in [4.69, 9.17) is 4.74 Å². The maximum atomic E-state index is 12.9. The molecule has 3 aromatic rings. The lowest BCUT2D eigenvalue weighted by Crippen LogP contribution is -2.36. The summed E-state index contributed by atoms with van der Waals surface area (Å²) in [6, 6.07) is 17.5. The summed E-state index contributed by atoms with van der Waals surface area (Å²) in [5.74, 6) is -0.132. The lowest BCUT2D eigenvalue weighted by molar-refractivity contribution is -0.127. The second-order valence-electron chi connectivity index (χ2n) is 8.34. The molecule has 0 saturated carbocycles. The van der Waals surface area contributed by atoms with Crippen LogP contribution in [0.3, 0.4) is 0 Å². The van der Waals surface area contributed by atoms with Crippen LogP contribution in [0.1, 0.15) is 22.3 Å². The first-order chi connectivity index (χ1) is 17.6. The molecule has 0 spiro atoms. The number of nitrogens with zero attached hydrogens (tertiary/aromatic N) is 1. The van der Waals surface area contributed by atoms with E-state index in [-0.39, 0.29) is 11.4 Å². The third kappa shape index (κ3) is 7.26. The summed E-state index contributed by atoms with van der Waals surface area (Å²) < 4.78 is 9.02. The summed E-state index contributed by atoms with van der Waals surface area (Å²) in [4.78, 5) is 39.2. The Bertz CT molecular complexity index is 1400. The fraction of sp³-hybridized carbons (Fsp3) is 0.148. The van der Waals surface area contributed by atoms with Crippen molar-refractivity contribution in [2.75, 3.05) is 11.9 Å². The first-order valence-electron chi connectivity index (χ1n) is 11.1. The molecule has 1 heterocycles. The van der Waals surface area contributed by atoms with Gasteiger partial charge in [0.15, 0.2) is 0 Å². The standard InChI is InChI=1S/C27H21I3N2O4S/c1-15-3-8-20(9-16(15)2)31-24(33)13-32-26(34)23(37-27(32)35)12-18-10-21(29)25(22(30)11-18)36-14-17-4-6-19(28)7-5-17/h3-12H,13-14H2,1-2H3,(H,31,33)/b23-12+. The number of hydrogen-bond acceptors (Lipinski definition) is 5. The van der Waals surface area contributed by atoms with E-state index in [9.17, 15) is 14.4 Å². The Morgan fingerprint density at radius 3 is 2.30 bits per heavy atom. The smallest absolute Gasteiger partial charge is 0.294 e. The van der Waals surface area contributed by atoms with Gasteiger partial charge >= 0.3 is 0 Å². The highest BCUT2D eigenvalue weighted by molar-refractivity contribution is 14.1. The SMILES string of the molecule is Cc1ccc(NC(=O)CN2C(=O)S/C(=C/c3cc(I)c(OCc4ccc(I)cc4)c(I)c3)C2=O)cc1C. The minimum Gasteiger partial charge on any atom is -0.487 e. The molecule has 0 unspecified atom stereocenters. The van der Waals surface area contributed by atoms with E-state index >= 15 is 0 Å². The Morgan fingerprint density at radius 2 is 1.65 bits per heavy atom. The highest BCUT2D eigenvalue weighted by Crippen LogP contribution is 2.35. The van der Waals surface area contributed by atoms with Gasteiger partial charge in [0.1, 0.15) is 18.9 Å². The van der Waals surface area contributed by atoms with E-state index in [2.05, 4.69) is 73.1 Å². The molecule has 1 N–H and O–H groups in total. The number of rotatable bonds is 7. The number of benzene rings is 3. The molecule has 1 aliphatic heterocycles. The van der Waals surface area contributed by atoms with Crippen LogP contribution in [0.4, 0.5) is 10.5 Å². The zero-order valence-electron chi connectivity index (χ0n) is 19.8. The Hall–Kier alpha value is -1.65. The second kappa shape index (κ2) is 12.5. The van der Waals surface area contributed by atoms with Gasteiger partial charge in [0, 0.05) is 9.26 Å². The van der Waals surface area contributed by atoms with Crippen molar-refractivity contribution in [3.05, 3.63) is 92.5 Å². The van der Waals surface area contributed by atoms with Gasteiger partial charge in [-0.05, 0) is 158 Å². The van der Waals surface area contributed by atoms with Crippen LogP contribution in [-0.2, 0) is 16.2 Å². The van der Waals surface area contributed by atoms with Gasteiger partial charge in [0.2, 0.25) is 5.91 Å². The van der Waals surface area contributed by atoms with Crippen LogP contribution >= 0.6 is 79.5 Å². The number of ether oxygens (including phenoxy) is 1. The van der Waals surface area contributed by atoms with Gasteiger partial charge in [-0.1, -0.05) is 18.2 Å². The first-order valence-corrected chi connectivity index (χ1v) is 15.1. The predicted molar refractivity (Wildman–Crippen MR) is 173 cm³/mol. The van der Waals surface area contributed by atoms with E-state index in [1.807, 2.05) is 62.4 Å². The van der Waals surface area contributed by atoms with Gasteiger partial charge in [0.05, 0.1) is 12.0 Å². The van der Waals surface area contributed by atoms with Crippen LogP contribution in [-0.4, -0.2) is 28.5 Å². The molecule has 10 heteroatoms. The average Bonchev–Trinajstić information content (AvgIpc) is 3.09. The van der Waals surface area contributed by atoms with Gasteiger partial charge in [-0.2, -0.15) is 0 Å². The quantitative estimate of drug-likeness (QED) is 0.199. The molecule has 0 radical (unpaired) electrons. The summed E-state index contributed by atoms with van der Waals surface area (Å²) in [5, 5.41) is 2.30. The third-order valence-corrected chi connectivity index (χ3v) is 8.81.